The molecule has 0 fully saturated rings. The summed E-state index contributed by atoms with van der Waals surface area (Å²) in [7, 11) is 0. The van der Waals surface area contributed by atoms with Crippen LogP contribution in [0.15, 0.2) is 47.6 Å². The van der Waals surface area contributed by atoms with Gasteiger partial charge >= 0.3 is 0 Å². The Kier molecular flexibility index (Phi) is 6.32. The molecule has 2 aromatic carbocycles. The lowest BCUT2D eigenvalue weighted by molar-refractivity contribution is -0.116. The van der Waals surface area contributed by atoms with E-state index in [1.54, 1.807) is 0 Å². The van der Waals surface area contributed by atoms with Gasteiger partial charge in [-0.15, -0.1) is 10.2 Å². The minimum Gasteiger partial charge on any atom is -0.325 e. The summed E-state index contributed by atoms with van der Waals surface area (Å²) in [6.45, 7) is 8.35. The van der Waals surface area contributed by atoms with E-state index in [2.05, 4.69) is 72.0 Å². The van der Waals surface area contributed by atoms with Crippen molar-refractivity contribution >= 4 is 23.4 Å². The average Bonchev–Trinajstić information content (AvgIpc) is 3.18. The van der Waals surface area contributed by atoms with E-state index in [9.17, 15) is 4.79 Å². The van der Waals surface area contributed by atoms with Crippen molar-refractivity contribution in [1.82, 2.24) is 14.9 Å². The molecule has 1 amide bonds. The van der Waals surface area contributed by atoms with Crippen LogP contribution >= 0.6 is 11.8 Å². The van der Waals surface area contributed by atoms with Gasteiger partial charge in [-0.3, -0.25) is 4.79 Å². The first-order chi connectivity index (χ1) is 15.0. The number of carbonyl (C=O) groups excluding carboxylic acids is 1. The van der Waals surface area contributed by atoms with Crippen LogP contribution in [-0.4, -0.2) is 26.0 Å². The van der Waals surface area contributed by atoms with Gasteiger partial charge in [-0.05, 0) is 55.0 Å². The van der Waals surface area contributed by atoms with Gasteiger partial charge in [-0.1, -0.05) is 62.0 Å². The highest BCUT2D eigenvalue weighted by atomic mass is 32.2. The van der Waals surface area contributed by atoms with Crippen molar-refractivity contribution in [3.05, 3.63) is 70.5 Å². The molecule has 0 aliphatic carbocycles. The minimum atomic E-state index is -0.376. The van der Waals surface area contributed by atoms with Crippen molar-refractivity contribution < 1.29 is 4.79 Å². The molecular weight excluding hydrogens is 406 g/mol. The van der Waals surface area contributed by atoms with Crippen LogP contribution in [0.25, 0.3) is 0 Å². The van der Waals surface area contributed by atoms with E-state index < -0.39 is 0 Å². The van der Waals surface area contributed by atoms with Gasteiger partial charge in [-0.2, -0.15) is 0 Å². The molecule has 3 aromatic rings. The van der Waals surface area contributed by atoms with Gasteiger partial charge in [0, 0.05) is 12.1 Å². The Hall–Kier alpha value is -2.80. The van der Waals surface area contributed by atoms with Crippen molar-refractivity contribution in [2.24, 2.45) is 0 Å². The van der Waals surface area contributed by atoms with Crippen molar-refractivity contribution in [2.75, 3.05) is 10.7 Å². The fourth-order valence-electron chi connectivity index (χ4n) is 3.79. The molecule has 0 spiro atoms. The number of benzene rings is 2. The van der Waals surface area contributed by atoms with Crippen LogP contribution in [0.1, 0.15) is 54.4 Å². The molecule has 0 unspecified atom stereocenters. The Balaban J connectivity index is 1.68. The van der Waals surface area contributed by atoms with Crippen molar-refractivity contribution in [3.63, 3.8) is 0 Å². The van der Waals surface area contributed by atoms with Gasteiger partial charge in [0.25, 0.3) is 0 Å². The Morgan fingerprint density at radius 2 is 1.90 bits per heavy atom. The van der Waals surface area contributed by atoms with Gasteiger partial charge in [0.15, 0.2) is 5.82 Å². The van der Waals surface area contributed by atoms with Gasteiger partial charge < -0.3 is 10.7 Å². The summed E-state index contributed by atoms with van der Waals surface area (Å²) in [6.07, 6.45) is 2.80. The molecule has 2 N–H and O–H groups in total. The summed E-state index contributed by atoms with van der Waals surface area (Å²) in [5.41, 5.74) is 8.98. The van der Waals surface area contributed by atoms with Crippen LogP contribution in [0.2, 0.25) is 0 Å². The van der Waals surface area contributed by atoms with E-state index in [4.69, 9.17) is 0 Å². The molecule has 1 aromatic heterocycles. The number of aryl methyl sites for hydroxylation is 3. The molecule has 31 heavy (non-hydrogen) atoms. The molecule has 0 saturated carbocycles. The fraction of sp³-hybridized carbons (Fsp3) is 0.375. The average molecular weight is 436 g/mol. The molecule has 4 rings (SSSR count). The van der Waals surface area contributed by atoms with Gasteiger partial charge in [0.1, 0.15) is 5.25 Å². The van der Waals surface area contributed by atoms with E-state index in [1.807, 2.05) is 23.7 Å². The topological polar surface area (TPSA) is 71.8 Å². The maximum atomic E-state index is 13.5. The third kappa shape index (κ3) is 4.32. The number of hydrogen-bond donors (Lipinski definition) is 2. The first kappa shape index (κ1) is 21.4. The summed E-state index contributed by atoms with van der Waals surface area (Å²) in [4.78, 5) is 13.5. The standard InChI is InChI=1S/C24H29N5OS/c1-5-8-20-26-27-24-29(20)28-21(18-13-11-17(6-2)12-14-18)22(31-24)23(30)25-19-10-7-9-15(3)16(19)4/h7,9-14,21-22,28H,5-6,8H2,1-4H3,(H,25,30)/t21-,22+/m1/s1. The number of nitrogens with one attached hydrogen (secondary N) is 2. The van der Waals surface area contributed by atoms with E-state index >= 15 is 0 Å². The molecule has 1 aliphatic heterocycles. The molecule has 1 aliphatic rings. The summed E-state index contributed by atoms with van der Waals surface area (Å²) in [5.74, 6) is 0.857. The first-order valence-electron chi connectivity index (χ1n) is 10.8. The second kappa shape index (κ2) is 9.14. The van der Waals surface area contributed by atoms with Crippen molar-refractivity contribution in [1.29, 1.82) is 0 Å². The van der Waals surface area contributed by atoms with Crippen LogP contribution < -0.4 is 10.7 Å². The number of nitrogens with zero attached hydrogens (tertiary/aromatic N) is 3. The van der Waals surface area contributed by atoms with Gasteiger partial charge in [0.05, 0.1) is 6.04 Å². The number of fused-ring (bicyclic) bond motifs is 1. The smallest absolute Gasteiger partial charge is 0.240 e. The molecule has 6 nitrogen and oxygen atoms in total. The number of carbonyl (C=O) groups is 1. The molecule has 0 bridgehead atoms. The number of hydrogen-bond acceptors (Lipinski definition) is 5. The highest BCUT2D eigenvalue weighted by Crippen LogP contribution is 2.38. The summed E-state index contributed by atoms with van der Waals surface area (Å²) < 4.78 is 1.95. The predicted octanol–water partition coefficient (Wildman–Crippen LogP) is 4.81. The number of amides is 1. The zero-order chi connectivity index (χ0) is 22.0. The number of rotatable bonds is 6. The van der Waals surface area contributed by atoms with Crippen LogP contribution in [0, 0.1) is 13.8 Å². The van der Waals surface area contributed by atoms with Gasteiger partial charge in [-0.25, -0.2) is 4.68 Å². The van der Waals surface area contributed by atoms with E-state index in [0.717, 1.165) is 52.6 Å². The van der Waals surface area contributed by atoms with Crippen molar-refractivity contribution in [3.8, 4) is 0 Å². The second-order valence-electron chi connectivity index (χ2n) is 7.96. The van der Waals surface area contributed by atoms with E-state index in [-0.39, 0.29) is 17.2 Å². The predicted molar refractivity (Wildman–Crippen MR) is 126 cm³/mol. The zero-order valence-corrected chi connectivity index (χ0v) is 19.3. The lowest BCUT2D eigenvalue weighted by Gasteiger charge is -2.33. The summed E-state index contributed by atoms with van der Waals surface area (Å²) in [5, 5.41) is 12.2. The molecule has 7 heteroatoms. The van der Waals surface area contributed by atoms with Crippen LogP contribution in [0.3, 0.4) is 0 Å². The molecule has 2 heterocycles. The third-order valence-electron chi connectivity index (χ3n) is 5.85. The molecule has 2 atom stereocenters. The molecule has 0 saturated heterocycles. The number of aromatic nitrogens is 3. The SMILES string of the molecule is CCCc1nnc2n1N[C@H](c1ccc(CC)cc1)[C@@H](C(=O)Nc1cccc(C)c1C)S2. The normalized spacial score (nSPS) is 17.7. The molecular formula is C24H29N5OS. The Bertz CT molecular complexity index is 1080. The van der Waals surface area contributed by atoms with Gasteiger partial charge in [0.2, 0.25) is 11.1 Å². The van der Waals surface area contributed by atoms with Crippen LogP contribution in [0.4, 0.5) is 5.69 Å². The minimum absolute atomic E-state index is 0.0398. The quantitative estimate of drug-likeness (QED) is 0.581. The van der Waals surface area contributed by atoms with E-state index in [1.165, 1.54) is 17.3 Å². The Labute approximate surface area is 187 Å². The third-order valence-corrected chi connectivity index (χ3v) is 7.06. The maximum absolute atomic E-state index is 13.5. The van der Waals surface area contributed by atoms with Crippen LogP contribution in [-0.2, 0) is 17.6 Å². The summed E-state index contributed by atoms with van der Waals surface area (Å²) >= 11 is 1.47. The lowest BCUT2D eigenvalue weighted by atomic mass is 10.0. The zero-order valence-electron chi connectivity index (χ0n) is 18.5. The largest absolute Gasteiger partial charge is 0.325 e. The van der Waals surface area contributed by atoms with Crippen molar-refractivity contribution in [2.45, 2.75) is 63.4 Å². The number of anilines is 1. The second-order valence-corrected chi connectivity index (χ2v) is 9.07. The highest BCUT2D eigenvalue weighted by molar-refractivity contribution is 8.00. The molecule has 0 radical (unpaired) electrons. The maximum Gasteiger partial charge on any atom is 0.240 e. The Morgan fingerprint density at radius 1 is 1.13 bits per heavy atom. The number of thioether (sulfide) groups is 1. The van der Waals surface area contributed by atoms with E-state index in [0.29, 0.717) is 0 Å². The lowest BCUT2D eigenvalue weighted by Crippen LogP contribution is -2.41. The summed E-state index contributed by atoms with van der Waals surface area (Å²) in [6, 6.07) is 14.3. The Morgan fingerprint density at radius 3 is 2.61 bits per heavy atom. The first-order valence-corrected chi connectivity index (χ1v) is 11.7. The highest BCUT2D eigenvalue weighted by Gasteiger charge is 2.37. The molecule has 162 valence electrons. The fourth-order valence-corrected chi connectivity index (χ4v) is 4.88. The van der Waals surface area contributed by atoms with Crippen LogP contribution in [0.5, 0.6) is 0 Å². The monoisotopic (exact) mass is 435 g/mol.